The Hall–Kier alpha value is -2.07. The zero-order chi connectivity index (χ0) is 16.8. The number of H-pyrrole nitrogens is 1. The van der Waals surface area contributed by atoms with E-state index in [0.29, 0.717) is 6.42 Å². The Balaban J connectivity index is 1.79. The second kappa shape index (κ2) is 8.15. The van der Waals surface area contributed by atoms with E-state index in [0.717, 1.165) is 24.9 Å². The van der Waals surface area contributed by atoms with E-state index in [1.165, 1.54) is 22.9 Å². The summed E-state index contributed by atoms with van der Waals surface area (Å²) in [6, 6.07) is 10.4. The predicted molar refractivity (Wildman–Crippen MR) is 102 cm³/mol. The molecule has 2 aromatic heterocycles. The molecule has 24 heavy (non-hydrogen) atoms. The molecule has 4 heteroatoms. The number of para-hydroxylation sites is 1. The van der Waals surface area contributed by atoms with E-state index >= 15 is 0 Å². The van der Waals surface area contributed by atoms with Gasteiger partial charge >= 0.3 is 0 Å². The van der Waals surface area contributed by atoms with Gasteiger partial charge < -0.3 is 10.3 Å². The highest BCUT2D eigenvalue weighted by molar-refractivity contribution is 7.08. The van der Waals surface area contributed by atoms with Crippen molar-refractivity contribution in [3.8, 4) is 0 Å². The van der Waals surface area contributed by atoms with Gasteiger partial charge in [0.15, 0.2) is 0 Å². The summed E-state index contributed by atoms with van der Waals surface area (Å²) in [6.45, 7) is 2.95. The number of nitrogens with one attached hydrogen (secondary N) is 2. The standard InChI is InChI=1S/C20H24N2OS/c1-2-3-6-10-21-20(23)12-17(15-9-11-24-14-15)18-13-22-19-8-5-4-7-16(18)19/h4-5,7-9,11,13-14,17,22H,2-3,6,10,12H2,1H3,(H,21,23). The van der Waals surface area contributed by atoms with Gasteiger partial charge in [-0.05, 0) is 40.4 Å². The third-order valence-electron chi connectivity index (χ3n) is 4.43. The summed E-state index contributed by atoms with van der Waals surface area (Å²) in [5.41, 5.74) is 3.54. The summed E-state index contributed by atoms with van der Waals surface area (Å²) in [5.74, 6) is 0.228. The molecular weight excluding hydrogens is 316 g/mol. The van der Waals surface area contributed by atoms with Crippen molar-refractivity contribution in [2.75, 3.05) is 6.54 Å². The first-order valence-corrected chi connectivity index (χ1v) is 9.58. The summed E-state index contributed by atoms with van der Waals surface area (Å²) in [6.07, 6.45) is 5.93. The molecule has 0 aliphatic rings. The van der Waals surface area contributed by atoms with Gasteiger partial charge in [-0.15, -0.1) is 0 Å². The van der Waals surface area contributed by atoms with Crippen LogP contribution in [0.4, 0.5) is 0 Å². The molecular formula is C20H24N2OS. The first kappa shape index (κ1) is 16.8. The summed E-state index contributed by atoms with van der Waals surface area (Å²) < 4.78 is 0. The Morgan fingerprint density at radius 3 is 2.92 bits per heavy atom. The molecule has 2 heterocycles. The van der Waals surface area contributed by atoms with Gasteiger partial charge in [0, 0.05) is 36.0 Å². The number of hydrogen-bond donors (Lipinski definition) is 2. The normalized spacial score (nSPS) is 12.4. The Labute approximate surface area is 147 Å². The molecule has 0 fully saturated rings. The Morgan fingerprint density at radius 1 is 1.25 bits per heavy atom. The number of carbonyl (C=O) groups excluding carboxylic acids is 1. The van der Waals surface area contributed by atoms with E-state index in [1.54, 1.807) is 11.3 Å². The van der Waals surface area contributed by atoms with E-state index in [9.17, 15) is 4.79 Å². The van der Waals surface area contributed by atoms with Crippen LogP contribution in [0, 0.1) is 0 Å². The van der Waals surface area contributed by atoms with Gasteiger partial charge in [0.05, 0.1) is 0 Å². The number of aromatic amines is 1. The number of rotatable bonds is 8. The fraction of sp³-hybridized carbons (Fsp3) is 0.350. The third-order valence-corrected chi connectivity index (χ3v) is 5.14. The summed E-state index contributed by atoms with van der Waals surface area (Å²) in [7, 11) is 0. The molecule has 0 saturated heterocycles. The highest BCUT2D eigenvalue weighted by atomic mass is 32.1. The highest BCUT2D eigenvalue weighted by Gasteiger charge is 2.21. The molecule has 1 amide bonds. The quantitative estimate of drug-likeness (QED) is 0.553. The average molecular weight is 340 g/mol. The predicted octanol–water partition coefficient (Wildman–Crippen LogP) is 5.06. The third kappa shape index (κ3) is 3.88. The van der Waals surface area contributed by atoms with Crippen LogP contribution in [0.25, 0.3) is 10.9 Å². The monoisotopic (exact) mass is 340 g/mol. The van der Waals surface area contributed by atoms with Gasteiger partial charge in [0.1, 0.15) is 0 Å². The molecule has 0 spiro atoms. The topological polar surface area (TPSA) is 44.9 Å². The number of benzene rings is 1. The molecule has 3 nitrogen and oxygen atoms in total. The van der Waals surface area contributed by atoms with Crippen molar-refractivity contribution in [1.29, 1.82) is 0 Å². The Morgan fingerprint density at radius 2 is 2.12 bits per heavy atom. The van der Waals surface area contributed by atoms with E-state index in [-0.39, 0.29) is 11.8 Å². The lowest BCUT2D eigenvalue weighted by atomic mass is 9.89. The Bertz CT molecular complexity index is 776. The largest absolute Gasteiger partial charge is 0.361 e. The van der Waals surface area contributed by atoms with Crippen LogP contribution in [0.3, 0.4) is 0 Å². The van der Waals surface area contributed by atoms with Gasteiger partial charge in [-0.25, -0.2) is 0 Å². The summed E-state index contributed by atoms with van der Waals surface area (Å²) in [5, 5.41) is 8.50. The number of carbonyl (C=O) groups is 1. The number of amides is 1. The fourth-order valence-electron chi connectivity index (χ4n) is 3.12. The lowest BCUT2D eigenvalue weighted by Crippen LogP contribution is -2.26. The molecule has 3 rings (SSSR count). The second-order valence-electron chi connectivity index (χ2n) is 6.16. The van der Waals surface area contributed by atoms with Crippen LogP contribution in [-0.2, 0) is 4.79 Å². The molecule has 0 saturated carbocycles. The molecule has 3 aromatic rings. The van der Waals surface area contributed by atoms with Gasteiger partial charge in [0.25, 0.3) is 0 Å². The average Bonchev–Trinajstić information content (AvgIpc) is 3.26. The number of unbranched alkanes of at least 4 members (excludes halogenated alkanes) is 2. The minimum absolute atomic E-state index is 0.0959. The molecule has 0 radical (unpaired) electrons. The number of thiophene rings is 1. The van der Waals surface area contributed by atoms with E-state index < -0.39 is 0 Å². The van der Waals surface area contributed by atoms with E-state index in [2.05, 4.69) is 58.4 Å². The lowest BCUT2D eigenvalue weighted by molar-refractivity contribution is -0.121. The molecule has 1 unspecified atom stereocenters. The molecule has 0 bridgehead atoms. The molecule has 1 atom stereocenters. The summed E-state index contributed by atoms with van der Waals surface area (Å²) >= 11 is 1.68. The zero-order valence-electron chi connectivity index (χ0n) is 14.0. The minimum Gasteiger partial charge on any atom is -0.361 e. The van der Waals surface area contributed by atoms with Crippen LogP contribution in [0.2, 0.25) is 0 Å². The lowest BCUT2D eigenvalue weighted by Gasteiger charge is -2.15. The number of hydrogen-bond acceptors (Lipinski definition) is 2. The van der Waals surface area contributed by atoms with Crippen molar-refractivity contribution in [1.82, 2.24) is 10.3 Å². The maximum Gasteiger partial charge on any atom is 0.220 e. The first-order valence-electron chi connectivity index (χ1n) is 8.64. The van der Waals surface area contributed by atoms with Gasteiger partial charge in [-0.1, -0.05) is 38.0 Å². The molecule has 0 aliphatic heterocycles. The van der Waals surface area contributed by atoms with Crippen molar-refractivity contribution in [3.63, 3.8) is 0 Å². The van der Waals surface area contributed by atoms with Crippen LogP contribution >= 0.6 is 11.3 Å². The maximum absolute atomic E-state index is 12.4. The van der Waals surface area contributed by atoms with Crippen LogP contribution in [0.1, 0.15) is 49.7 Å². The molecule has 1 aromatic carbocycles. The number of aromatic nitrogens is 1. The van der Waals surface area contributed by atoms with Crippen LogP contribution in [0.5, 0.6) is 0 Å². The van der Waals surface area contributed by atoms with Crippen LogP contribution < -0.4 is 5.32 Å². The van der Waals surface area contributed by atoms with Gasteiger partial charge in [0.2, 0.25) is 5.91 Å². The van der Waals surface area contributed by atoms with Crippen LogP contribution in [0.15, 0.2) is 47.3 Å². The summed E-state index contributed by atoms with van der Waals surface area (Å²) in [4.78, 5) is 15.8. The Kier molecular flexibility index (Phi) is 5.70. The number of fused-ring (bicyclic) bond motifs is 1. The maximum atomic E-state index is 12.4. The van der Waals surface area contributed by atoms with Crippen molar-refractivity contribution < 1.29 is 4.79 Å². The van der Waals surface area contributed by atoms with Gasteiger partial charge in [-0.3, -0.25) is 4.79 Å². The molecule has 0 aliphatic carbocycles. The minimum atomic E-state index is 0.0959. The molecule has 2 N–H and O–H groups in total. The van der Waals surface area contributed by atoms with Crippen molar-refractivity contribution in [3.05, 3.63) is 58.4 Å². The smallest absolute Gasteiger partial charge is 0.220 e. The molecule has 126 valence electrons. The highest BCUT2D eigenvalue weighted by Crippen LogP contribution is 2.34. The van der Waals surface area contributed by atoms with Crippen molar-refractivity contribution in [2.24, 2.45) is 0 Å². The fourth-order valence-corrected chi connectivity index (χ4v) is 3.84. The first-order chi connectivity index (χ1) is 11.8. The van der Waals surface area contributed by atoms with Crippen molar-refractivity contribution >= 4 is 28.1 Å². The van der Waals surface area contributed by atoms with Crippen molar-refractivity contribution in [2.45, 2.75) is 38.5 Å². The van der Waals surface area contributed by atoms with E-state index in [4.69, 9.17) is 0 Å². The second-order valence-corrected chi connectivity index (χ2v) is 6.94. The van der Waals surface area contributed by atoms with Gasteiger partial charge in [-0.2, -0.15) is 11.3 Å². The van der Waals surface area contributed by atoms with Crippen LogP contribution in [-0.4, -0.2) is 17.4 Å². The van der Waals surface area contributed by atoms with E-state index in [1.807, 2.05) is 6.07 Å². The SMILES string of the molecule is CCCCCNC(=O)CC(c1ccsc1)c1c[nH]c2ccccc12. The zero-order valence-corrected chi connectivity index (χ0v) is 14.9.